The van der Waals surface area contributed by atoms with E-state index in [1.807, 2.05) is 12.1 Å². The molecule has 1 heterocycles. The summed E-state index contributed by atoms with van der Waals surface area (Å²) in [5, 5.41) is 14.8. The number of ether oxygens (including phenoxy) is 3. The lowest BCUT2D eigenvalue weighted by molar-refractivity contribution is -0.159. The fraction of sp³-hybridized carbons (Fsp3) is 0.417. The molecule has 1 aliphatic rings. The smallest absolute Gasteiger partial charge is 0.416 e. The topological polar surface area (TPSA) is 109 Å². The van der Waals surface area contributed by atoms with Gasteiger partial charge in [-0.15, -0.1) is 0 Å². The number of carbonyl (C=O) groups is 2. The second kappa shape index (κ2) is 13.0. The number of aliphatic carboxylic acids is 2. The van der Waals surface area contributed by atoms with Gasteiger partial charge in [-0.3, -0.25) is 9.80 Å². The number of hydrogen-bond donors (Lipinski definition) is 2. The average Bonchev–Trinajstić information content (AvgIpc) is 2.85. The Morgan fingerprint density at radius 2 is 1.22 bits per heavy atom. The van der Waals surface area contributed by atoms with Crippen molar-refractivity contribution >= 4 is 11.9 Å². The Hall–Kier alpha value is -3.51. The van der Waals surface area contributed by atoms with E-state index < -0.39 is 23.7 Å². The lowest BCUT2D eigenvalue weighted by atomic mass is 10.1. The molecular formula is C24H29F3N2O7. The van der Waals surface area contributed by atoms with E-state index in [-0.39, 0.29) is 0 Å². The van der Waals surface area contributed by atoms with Crippen LogP contribution in [-0.2, 0) is 28.9 Å². The second-order valence-electron chi connectivity index (χ2n) is 7.88. The van der Waals surface area contributed by atoms with E-state index in [1.165, 1.54) is 0 Å². The van der Waals surface area contributed by atoms with Crippen molar-refractivity contribution in [3.63, 3.8) is 0 Å². The molecule has 198 valence electrons. The summed E-state index contributed by atoms with van der Waals surface area (Å²) in [5.41, 5.74) is 1.30. The predicted molar refractivity (Wildman–Crippen MR) is 123 cm³/mol. The Kier molecular flexibility index (Phi) is 10.4. The Balaban J connectivity index is 0.000000678. The van der Waals surface area contributed by atoms with Crippen molar-refractivity contribution in [2.75, 3.05) is 47.5 Å². The van der Waals surface area contributed by atoms with Crippen LogP contribution in [-0.4, -0.2) is 79.5 Å². The van der Waals surface area contributed by atoms with Gasteiger partial charge in [0.1, 0.15) is 5.75 Å². The molecule has 0 amide bonds. The Morgan fingerprint density at radius 1 is 0.778 bits per heavy atom. The number of carboxylic acid groups (broad SMARTS) is 2. The molecule has 1 fully saturated rings. The zero-order valence-electron chi connectivity index (χ0n) is 20.2. The molecule has 0 bridgehead atoms. The van der Waals surface area contributed by atoms with E-state index in [0.717, 1.165) is 61.7 Å². The zero-order chi connectivity index (χ0) is 26.9. The summed E-state index contributed by atoms with van der Waals surface area (Å²) in [5.74, 6) is -1.61. The normalized spacial score (nSPS) is 14.4. The van der Waals surface area contributed by atoms with Crippen LogP contribution in [0.3, 0.4) is 0 Å². The van der Waals surface area contributed by atoms with Crippen molar-refractivity contribution < 1.29 is 47.2 Å². The van der Waals surface area contributed by atoms with Gasteiger partial charge in [-0.2, -0.15) is 13.2 Å². The van der Waals surface area contributed by atoms with Crippen LogP contribution in [0, 0.1) is 0 Å². The molecule has 36 heavy (non-hydrogen) atoms. The van der Waals surface area contributed by atoms with Gasteiger partial charge in [-0.25, -0.2) is 9.59 Å². The van der Waals surface area contributed by atoms with Crippen LogP contribution in [0.2, 0.25) is 0 Å². The molecule has 1 saturated heterocycles. The first-order valence-corrected chi connectivity index (χ1v) is 10.8. The molecule has 0 radical (unpaired) electrons. The number of rotatable bonds is 7. The van der Waals surface area contributed by atoms with E-state index in [2.05, 4.69) is 9.80 Å². The maximum atomic E-state index is 12.7. The minimum atomic E-state index is -4.30. The van der Waals surface area contributed by atoms with Crippen molar-refractivity contribution in [1.29, 1.82) is 0 Å². The lowest BCUT2D eigenvalue weighted by Crippen LogP contribution is -2.45. The standard InChI is InChI=1S/C22H27F3N2O3.C2H2O4/c1-28-19-13-21(30-3)20(29-2)12-17(19)15-27-10-8-26(9-11-27)14-16-4-6-18(7-5-16)22(23,24)25;3-1(4)2(5)6/h4-7,12-13H,8-11,14-15H2,1-3H3;(H,3,4)(H,5,6). The van der Waals surface area contributed by atoms with Gasteiger partial charge in [0.05, 0.1) is 26.9 Å². The molecule has 12 heteroatoms. The van der Waals surface area contributed by atoms with Gasteiger partial charge in [-0.05, 0) is 23.8 Å². The Morgan fingerprint density at radius 3 is 1.64 bits per heavy atom. The number of halogens is 3. The highest BCUT2D eigenvalue weighted by Crippen LogP contribution is 2.35. The van der Waals surface area contributed by atoms with Crippen molar-refractivity contribution in [2.45, 2.75) is 19.3 Å². The average molecular weight is 514 g/mol. The number of methoxy groups -OCH3 is 3. The van der Waals surface area contributed by atoms with Crippen LogP contribution in [0.4, 0.5) is 13.2 Å². The number of piperazine rings is 1. The number of carboxylic acids is 2. The number of hydrogen-bond acceptors (Lipinski definition) is 7. The van der Waals surface area contributed by atoms with E-state index in [0.29, 0.717) is 18.0 Å². The van der Waals surface area contributed by atoms with Crippen LogP contribution < -0.4 is 14.2 Å². The first-order valence-electron chi connectivity index (χ1n) is 10.8. The Labute approximate surface area is 206 Å². The highest BCUT2D eigenvalue weighted by Gasteiger charge is 2.30. The van der Waals surface area contributed by atoms with Gasteiger partial charge in [0, 0.05) is 50.9 Å². The summed E-state index contributed by atoms with van der Waals surface area (Å²) in [4.78, 5) is 22.8. The fourth-order valence-electron chi connectivity index (χ4n) is 3.62. The van der Waals surface area contributed by atoms with Crippen LogP contribution in [0.1, 0.15) is 16.7 Å². The number of alkyl halides is 3. The minimum Gasteiger partial charge on any atom is -0.496 e. The molecule has 2 aromatic carbocycles. The lowest BCUT2D eigenvalue weighted by Gasteiger charge is -2.35. The van der Waals surface area contributed by atoms with Crippen molar-refractivity contribution in [3.05, 3.63) is 53.1 Å². The van der Waals surface area contributed by atoms with E-state index >= 15 is 0 Å². The van der Waals surface area contributed by atoms with Gasteiger partial charge in [0.2, 0.25) is 0 Å². The predicted octanol–water partition coefficient (Wildman–Crippen LogP) is 3.20. The summed E-state index contributed by atoms with van der Waals surface area (Å²) in [7, 11) is 4.83. The van der Waals surface area contributed by atoms with E-state index in [9.17, 15) is 13.2 Å². The maximum Gasteiger partial charge on any atom is 0.416 e. The number of benzene rings is 2. The quantitative estimate of drug-likeness (QED) is 0.539. The molecule has 0 unspecified atom stereocenters. The first kappa shape index (κ1) is 28.7. The van der Waals surface area contributed by atoms with Gasteiger partial charge in [-0.1, -0.05) is 12.1 Å². The molecule has 9 nitrogen and oxygen atoms in total. The van der Waals surface area contributed by atoms with Gasteiger partial charge in [0.15, 0.2) is 11.5 Å². The zero-order valence-corrected chi connectivity index (χ0v) is 20.2. The van der Waals surface area contributed by atoms with Crippen LogP contribution >= 0.6 is 0 Å². The molecule has 3 rings (SSSR count). The summed E-state index contributed by atoms with van der Waals surface area (Å²) in [6, 6.07) is 9.18. The van der Waals surface area contributed by atoms with Crippen LogP contribution in [0.25, 0.3) is 0 Å². The summed E-state index contributed by atoms with van der Waals surface area (Å²) in [6.45, 7) is 4.77. The highest BCUT2D eigenvalue weighted by atomic mass is 19.4. The molecule has 2 aromatic rings. The first-order chi connectivity index (χ1) is 17.0. The third-order valence-electron chi connectivity index (χ3n) is 5.52. The molecule has 0 aliphatic carbocycles. The second-order valence-corrected chi connectivity index (χ2v) is 7.88. The molecule has 0 aromatic heterocycles. The minimum absolute atomic E-state index is 0.611. The summed E-state index contributed by atoms with van der Waals surface area (Å²) >= 11 is 0. The van der Waals surface area contributed by atoms with Crippen LogP contribution in [0.15, 0.2) is 36.4 Å². The molecule has 2 N–H and O–H groups in total. The van der Waals surface area contributed by atoms with Gasteiger partial charge in [0.25, 0.3) is 0 Å². The monoisotopic (exact) mass is 514 g/mol. The van der Waals surface area contributed by atoms with Crippen molar-refractivity contribution in [1.82, 2.24) is 9.80 Å². The van der Waals surface area contributed by atoms with Crippen LogP contribution in [0.5, 0.6) is 17.2 Å². The van der Waals surface area contributed by atoms with Gasteiger partial charge >= 0.3 is 18.1 Å². The maximum absolute atomic E-state index is 12.7. The van der Waals surface area contributed by atoms with E-state index in [4.69, 9.17) is 34.0 Å². The Bertz CT molecular complexity index is 1010. The van der Waals surface area contributed by atoms with Gasteiger partial charge < -0.3 is 24.4 Å². The highest BCUT2D eigenvalue weighted by molar-refractivity contribution is 6.27. The van der Waals surface area contributed by atoms with E-state index in [1.54, 1.807) is 33.5 Å². The van der Waals surface area contributed by atoms with Crippen molar-refractivity contribution in [2.24, 2.45) is 0 Å². The third kappa shape index (κ3) is 8.31. The third-order valence-corrected chi connectivity index (χ3v) is 5.52. The molecule has 0 atom stereocenters. The largest absolute Gasteiger partial charge is 0.496 e. The SMILES string of the molecule is COc1cc(OC)c(OC)cc1CN1CCN(Cc2ccc(C(F)(F)F)cc2)CC1.O=C(O)C(=O)O. The molecule has 0 saturated carbocycles. The fourth-order valence-corrected chi connectivity index (χ4v) is 3.62. The van der Waals surface area contributed by atoms with Crippen molar-refractivity contribution in [3.8, 4) is 17.2 Å². The molecule has 1 aliphatic heterocycles. The summed E-state index contributed by atoms with van der Waals surface area (Å²) in [6.07, 6.45) is -4.30. The molecule has 0 spiro atoms. The molecular weight excluding hydrogens is 485 g/mol. The number of nitrogens with zero attached hydrogens (tertiary/aromatic N) is 2. The summed E-state index contributed by atoms with van der Waals surface area (Å²) < 4.78 is 54.4.